The third kappa shape index (κ3) is 8.31. The summed E-state index contributed by atoms with van der Waals surface area (Å²) in [4.78, 5) is 30.9. The van der Waals surface area contributed by atoms with Crippen molar-refractivity contribution in [1.82, 2.24) is 5.32 Å². The molecule has 1 rings (SSSR count). The van der Waals surface area contributed by atoms with Crippen LogP contribution in [0, 0.1) is 0 Å². The molecule has 6 heteroatoms. The van der Waals surface area contributed by atoms with E-state index in [1.54, 1.807) is 30.3 Å². The summed E-state index contributed by atoms with van der Waals surface area (Å²) in [7, 11) is -4.44. The van der Waals surface area contributed by atoms with Crippen molar-refractivity contribution in [3.8, 4) is 0 Å². The lowest BCUT2D eigenvalue weighted by Crippen LogP contribution is -2.28. The van der Waals surface area contributed by atoms with Crippen molar-refractivity contribution in [1.29, 1.82) is 0 Å². The molecule has 0 aliphatic carbocycles. The van der Waals surface area contributed by atoms with Gasteiger partial charge in [-0.2, -0.15) is 0 Å². The molecule has 5 nitrogen and oxygen atoms in total. The first-order valence-electron chi connectivity index (χ1n) is 8.34. The van der Waals surface area contributed by atoms with Crippen LogP contribution in [0.2, 0.25) is 0 Å². The van der Waals surface area contributed by atoms with E-state index in [1.165, 1.54) is 25.7 Å². The molecule has 1 atom stereocenters. The monoisotopic (exact) mass is 341 g/mol. The SMILES string of the molecule is CCCCCCCCCC(=O)NC(c1ccccc1)P(=O)(O)O. The van der Waals surface area contributed by atoms with Gasteiger partial charge in [-0.25, -0.2) is 0 Å². The summed E-state index contributed by atoms with van der Waals surface area (Å²) in [6, 6.07) is 8.37. The second kappa shape index (κ2) is 10.6. The first-order valence-corrected chi connectivity index (χ1v) is 10.0. The molecule has 0 aliphatic heterocycles. The fraction of sp³-hybridized carbons (Fsp3) is 0.588. The molecule has 1 amide bonds. The average Bonchev–Trinajstić information content (AvgIpc) is 2.51. The van der Waals surface area contributed by atoms with Crippen molar-refractivity contribution in [2.24, 2.45) is 0 Å². The van der Waals surface area contributed by atoms with E-state index in [4.69, 9.17) is 0 Å². The highest BCUT2D eigenvalue weighted by Gasteiger charge is 2.31. The molecule has 130 valence electrons. The van der Waals surface area contributed by atoms with Gasteiger partial charge in [0.1, 0.15) is 0 Å². The standard InChI is InChI=1S/C17H28NO4P/c1-2-3-4-5-6-7-11-14-16(19)18-17(23(20,21)22)15-12-9-8-10-13-15/h8-10,12-13,17H,2-7,11,14H2,1H3,(H,18,19)(H2,20,21,22). The van der Waals surface area contributed by atoms with Crippen molar-refractivity contribution in [3.63, 3.8) is 0 Å². The van der Waals surface area contributed by atoms with E-state index in [9.17, 15) is 19.1 Å². The smallest absolute Gasteiger partial charge is 0.338 e. The Kier molecular flexibility index (Phi) is 9.15. The Morgan fingerprint density at radius 3 is 2.17 bits per heavy atom. The molecule has 0 radical (unpaired) electrons. The van der Waals surface area contributed by atoms with Crippen molar-refractivity contribution in [2.45, 2.75) is 64.1 Å². The van der Waals surface area contributed by atoms with Gasteiger partial charge in [0, 0.05) is 6.42 Å². The van der Waals surface area contributed by atoms with E-state index >= 15 is 0 Å². The predicted molar refractivity (Wildman–Crippen MR) is 92.0 cm³/mol. The number of benzene rings is 1. The molecular formula is C17H28NO4P. The van der Waals surface area contributed by atoms with Gasteiger partial charge in [0.15, 0.2) is 5.78 Å². The number of carbonyl (C=O) groups is 1. The molecule has 23 heavy (non-hydrogen) atoms. The Morgan fingerprint density at radius 2 is 1.61 bits per heavy atom. The Bertz CT molecular complexity index is 501. The number of carbonyl (C=O) groups excluding carboxylic acids is 1. The number of nitrogens with one attached hydrogen (secondary N) is 1. The molecule has 0 aromatic heterocycles. The van der Waals surface area contributed by atoms with Crippen molar-refractivity contribution >= 4 is 13.5 Å². The fourth-order valence-corrected chi connectivity index (χ4v) is 3.34. The molecule has 0 heterocycles. The van der Waals surface area contributed by atoms with E-state index in [1.807, 2.05) is 0 Å². The quantitative estimate of drug-likeness (QED) is 0.417. The summed E-state index contributed by atoms with van der Waals surface area (Å²) in [6.45, 7) is 2.18. The lowest BCUT2D eigenvalue weighted by Gasteiger charge is -2.20. The van der Waals surface area contributed by atoms with Crippen LogP contribution in [0.5, 0.6) is 0 Å². The van der Waals surface area contributed by atoms with E-state index < -0.39 is 13.4 Å². The summed E-state index contributed by atoms with van der Waals surface area (Å²) in [5.74, 6) is -1.57. The van der Waals surface area contributed by atoms with E-state index in [-0.39, 0.29) is 5.91 Å². The Balaban J connectivity index is 2.39. The summed E-state index contributed by atoms with van der Waals surface area (Å²) in [5.41, 5.74) is 0.425. The lowest BCUT2D eigenvalue weighted by molar-refractivity contribution is -0.121. The second-order valence-corrected chi connectivity index (χ2v) is 7.54. The average molecular weight is 341 g/mol. The predicted octanol–water partition coefficient (Wildman–Crippen LogP) is 4.12. The second-order valence-electron chi connectivity index (χ2n) is 5.84. The van der Waals surface area contributed by atoms with Crippen molar-refractivity contribution in [3.05, 3.63) is 35.9 Å². The van der Waals surface area contributed by atoms with Gasteiger partial charge in [0.2, 0.25) is 5.91 Å². The molecule has 0 aliphatic rings. The Morgan fingerprint density at radius 1 is 1.04 bits per heavy atom. The van der Waals surface area contributed by atoms with Crippen LogP contribution in [-0.4, -0.2) is 15.7 Å². The molecule has 1 aromatic rings. The number of hydrogen-bond acceptors (Lipinski definition) is 2. The van der Waals surface area contributed by atoms with Crippen LogP contribution in [0.3, 0.4) is 0 Å². The maximum Gasteiger partial charge on any atom is 0.352 e. The van der Waals surface area contributed by atoms with Gasteiger partial charge in [-0.05, 0) is 12.0 Å². The molecule has 0 saturated heterocycles. The molecular weight excluding hydrogens is 313 g/mol. The van der Waals surface area contributed by atoms with Crippen LogP contribution in [0.25, 0.3) is 0 Å². The first kappa shape index (κ1) is 19.9. The van der Waals surface area contributed by atoms with Gasteiger partial charge in [-0.1, -0.05) is 75.8 Å². The minimum atomic E-state index is -4.44. The zero-order valence-electron chi connectivity index (χ0n) is 13.8. The maximum absolute atomic E-state index is 12.0. The number of rotatable bonds is 11. The molecule has 0 spiro atoms. The van der Waals surface area contributed by atoms with E-state index in [2.05, 4.69) is 12.2 Å². The number of unbranched alkanes of at least 4 members (excludes halogenated alkanes) is 6. The van der Waals surface area contributed by atoms with Crippen LogP contribution in [0.4, 0.5) is 0 Å². The lowest BCUT2D eigenvalue weighted by atomic mass is 10.1. The van der Waals surface area contributed by atoms with Crippen LogP contribution >= 0.6 is 7.60 Å². The minimum absolute atomic E-state index is 0.303. The molecule has 0 saturated carbocycles. The Hall–Kier alpha value is -1.16. The van der Waals surface area contributed by atoms with Gasteiger partial charge in [-0.3, -0.25) is 9.36 Å². The van der Waals surface area contributed by atoms with Gasteiger partial charge in [0.05, 0.1) is 0 Å². The van der Waals surface area contributed by atoms with Crippen LogP contribution in [0.1, 0.15) is 69.6 Å². The fourth-order valence-electron chi connectivity index (χ4n) is 2.46. The summed E-state index contributed by atoms with van der Waals surface area (Å²) >= 11 is 0. The summed E-state index contributed by atoms with van der Waals surface area (Å²) in [5, 5.41) is 2.48. The number of amides is 1. The highest BCUT2D eigenvalue weighted by atomic mass is 31.2. The van der Waals surface area contributed by atoms with Gasteiger partial charge < -0.3 is 15.1 Å². The third-order valence-electron chi connectivity index (χ3n) is 3.76. The molecule has 0 fully saturated rings. The summed E-state index contributed by atoms with van der Waals surface area (Å²) < 4.78 is 11.6. The zero-order valence-corrected chi connectivity index (χ0v) is 14.7. The maximum atomic E-state index is 12.0. The van der Waals surface area contributed by atoms with Crippen molar-refractivity contribution in [2.75, 3.05) is 0 Å². The topological polar surface area (TPSA) is 86.6 Å². The van der Waals surface area contributed by atoms with Crippen LogP contribution < -0.4 is 5.32 Å². The minimum Gasteiger partial charge on any atom is -0.338 e. The highest BCUT2D eigenvalue weighted by molar-refractivity contribution is 7.52. The van der Waals surface area contributed by atoms with Gasteiger partial charge >= 0.3 is 7.60 Å². The third-order valence-corrected chi connectivity index (χ3v) is 4.86. The van der Waals surface area contributed by atoms with Crippen molar-refractivity contribution < 1.29 is 19.1 Å². The molecule has 1 aromatic carbocycles. The normalized spacial score (nSPS) is 12.8. The zero-order chi connectivity index (χ0) is 17.1. The van der Waals surface area contributed by atoms with Crippen LogP contribution in [-0.2, 0) is 9.36 Å². The highest BCUT2D eigenvalue weighted by Crippen LogP contribution is 2.49. The largest absolute Gasteiger partial charge is 0.352 e. The van der Waals surface area contributed by atoms with Crippen LogP contribution in [0.15, 0.2) is 30.3 Å². The van der Waals surface area contributed by atoms with Gasteiger partial charge in [-0.15, -0.1) is 0 Å². The number of hydrogen-bond donors (Lipinski definition) is 3. The van der Waals surface area contributed by atoms with E-state index in [0.717, 1.165) is 19.3 Å². The molecule has 3 N–H and O–H groups in total. The molecule has 0 bridgehead atoms. The molecule has 1 unspecified atom stereocenters. The van der Waals surface area contributed by atoms with Gasteiger partial charge in [0.25, 0.3) is 0 Å². The van der Waals surface area contributed by atoms with E-state index in [0.29, 0.717) is 12.0 Å². The Labute approximate surface area is 138 Å². The first-order chi connectivity index (χ1) is 10.9. The summed E-state index contributed by atoms with van der Waals surface area (Å²) in [6.07, 6.45) is 8.02.